The molecule has 1 aromatic heterocycles. The first kappa shape index (κ1) is 13.8. The highest BCUT2D eigenvalue weighted by atomic mass is 16.3. The molecule has 5 heteroatoms. The summed E-state index contributed by atoms with van der Waals surface area (Å²) >= 11 is 0. The number of benzene rings is 1. The number of aliphatic hydroxyl groups excluding tert-OH is 2. The number of hydrogen-bond acceptors (Lipinski definition) is 4. The number of carbonyl (C=O) groups is 1. The van der Waals surface area contributed by atoms with Crippen LogP contribution in [-0.4, -0.2) is 27.1 Å². The molecule has 0 saturated carbocycles. The molecule has 1 aliphatic rings. The van der Waals surface area contributed by atoms with Gasteiger partial charge in [-0.3, -0.25) is 4.79 Å². The summed E-state index contributed by atoms with van der Waals surface area (Å²) in [5.74, 6) is 0.124. The van der Waals surface area contributed by atoms with Gasteiger partial charge in [0.05, 0.1) is 24.3 Å². The van der Waals surface area contributed by atoms with Crippen molar-refractivity contribution in [2.24, 2.45) is 0 Å². The lowest BCUT2D eigenvalue weighted by Gasteiger charge is -2.16. The number of Topliss-reactive ketones (excluding diaryl/α,β-unsaturated/α-hetero) is 1. The number of aliphatic hydroxyl groups is 2. The molecular formula is C16H16N2O3. The number of rotatable bonds is 3. The van der Waals surface area contributed by atoms with Gasteiger partial charge in [-0.2, -0.15) is 5.26 Å². The Hall–Kier alpha value is -2.16. The Balaban J connectivity index is 2.04. The van der Waals surface area contributed by atoms with Crippen LogP contribution in [0.4, 0.5) is 0 Å². The predicted molar refractivity (Wildman–Crippen MR) is 76.8 cm³/mol. The van der Waals surface area contributed by atoms with E-state index in [9.17, 15) is 15.0 Å². The summed E-state index contributed by atoms with van der Waals surface area (Å²) in [7, 11) is 0. The maximum atomic E-state index is 11.9. The smallest absolute Gasteiger partial charge is 0.179 e. The Kier molecular flexibility index (Phi) is 3.50. The van der Waals surface area contributed by atoms with Crippen molar-refractivity contribution in [1.82, 2.24) is 4.98 Å². The van der Waals surface area contributed by atoms with E-state index in [1.54, 1.807) is 18.2 Å². The molecule has 2 atom stereocenters. The number of nitrogens with zero attached hydrogens (tertiary/aromatic N) is 1. The third-order valence-corrected chi connectivity index (χ3v) is 4.05. The second-order valence-corrected chi connectivity index (χ2v) is 5.43. The van der Waals surface area contributed by atoms with Crippen molar-refractivity contribution in [2.75, 3.05) is 0 Å². The number of H-pyrrole nitrogens is 1. The van der Waals surface area contributed by atoms with Crippen LogP contribution in [0.25, 0.3) is 10.9 Å². The van der Waals surface area contributed by atoms with E-state index in [-0.39, 0.29) is 12.2 Å². The van der Waals surface area contributed by atoms with Crippen molar-refractivity contribution in [3.05, 3.63) is 35.0 Å². The molecule has 3 N–H and O–H groups in total. The summed E-state index contributed by atoms with van der Waals surface area (Å²) in [4.78, 5) is 15.1. The van der Waals surface area contributed by atoms with E-state index in [1.807, 2.05) is 6.07 Å². The van der Waals surface area contributed by atoms with Gasteiger partial charge in [0.25, 0.3) is 0 Å². The number of fused-ring (bicyclic) bond motifs is 3. The molecule has 3 rings (SSSR count). The molecular weight excluding hydrogens is 268 g/mol. The van der Waals surface area contributed by atoms with Crippen LogP contribution in [0, 0.1) is 11.3 Å². The van der Waals surface area contributed by atoms with Crippen molar-refractivity contribution in [3.63, 3.8) is 0 Å². The Bertz CT molecular complexity index is 742. The van der Waals surface area contributed by atoms with E-state index in [4.69, 9.17) is 5.26 Å². The second-order valence-electron chi connectivity index (χ2n) is 5.43. The first-order valence-corrected chi connectivity index (χ1v) is 7.02. The topological polar surface area (TPSA) is 97.1 Å². The summed E-state index contributed by atoms with van der Waals surface area (Å²) in [5.41, 5.74) is 3.08. The van der Waals surface area contributed by atoms with Crippen molar-refractivity contribution in [2.45, 2.75) is 37.9 Å². The molecule has 108 valence electrons. The fourth-order valence-corrected chi connectivity index (χ4v) is 2.92. The van der Waals surface area contributed by atoms with Crippen LogP contribution < -0.4 is 0 Å². The van der Waals surface area contributed by atoms with Crippen LogP contribution in [0.15, 0.2) is 18.2 Å². The maximum Gasteiger partial charge on any atom is 0.179 e. The second kappa shape index (κ2) is 5.32. The number of aryl methyl sites for hydroxylation is 1. The van der Waals surface area contributed by atoms with Crippen LogP contribution in [0.1, 0.15) is 47.0 Å². The number of nitriles is 1. The molecule has 1 heterocycles. The average Bonchev–Trinajstić information content (AvgIpc) is 2.86. The first-order valence-electron chi connectivity index (χ1n) is 7.02. The van der Waals surface area contributed by atoms with Gasteiger partial charge < -0.3 is 15.2 Å². The largest absolute Gasteiger partial charge is 0.389 e. The number of ketones is 1. The average molecular weight is 284 g/mol. The molecule has 0 spiro atoms. The Morgan fingerprint density at radius 2 is 2.14 bits per heavy atom. The van der Waals surface area contributed by atoms with Gasteiger partial charge in [0, 0.05) is 17.3 Å². The zero-order valence-corrected chi connectivity index (χ0v) is 11.5. The predicted octanol–water partition coefficient (Wildman–Crippen LogP) is 1.99. The van der Waals surface area contributed by atoms with Gasteiger partial charge in [0.1, 0.15) is 6.10 Å². The number of hydrogen-bond donors (Lipinski definition) is 3. The van der Waals surface area contributed by atoms with E-state index in [0.29, 0.717) is 17.7 Å². The zero-order valence-electron chi connectivity index (χ0n) is 11.5. The summed E-state index contributed by atoms with van der Waals surface area (Å²) in [6.45, 7) is 0. The minimum Gasteiger partial charge on any atom is -0.389 e. The normalized spacial score (nSPS) is 17.3. The fraction of sp³-hybridized carbons (Fsp3) is 0.375. The summed E-state index contributed by atoms with van der Waals surface area (Å²) in [6.07, 6.45) is -0.0916. The quantitative estimate of drug-likeness (QED) is 0.803. The Morgan fingerprint density at radius 3 is 2.90 bits per heavy atom. The highest BCUT2D eigenvalue weighted by Crippen LogP contribution is 2.31. The number of nitrogens with one attached hydrogen (secondary N) is 1. The zero-order chi connectivity index (χ0) is 15.0. The van der Waals surface area contributed by atoms with Gasteiger partial charge in [-0.1, -0.05) is 6.07 Å². The van der Waals surface area contributed by atoms with Crippen molar-refractivity contribution in [1.29, 1.82) is 5.26 Å². The van der Waals surface area contributed by atoms with Crippen LogP contribution in [0.5, 0.6) is 0 Å². The van der Waals surface area contributed by atoms with Crippen molar-refractivity contribution >= 4 is 16.7 Å². The highest BCUT2D eigenvalue weighted by Gasteiger charge is 2.24. The van der Waals surface area contributed by atoms with Crippen LogP contribution in [0.3, 0.4) is 0 Å². The Labute approximate surface area is 121 Å². The number of aromatic amines is 1. The third-order valence-electron chi connectivity index (χ3n) is 4.05. The molecule has 5 nitrogen and oxygen atoms in total. The Morgan fingerprint density at radius 1 is 1.33 bits per heavy atom. The molecule has 1 aliphatic carbocycles. The van der Waals surface area contributed by atoms with E-state index >= 15 is 0 Å². The number of aromatic nitrogens is 1. The molecule has 1 aromatic carbocycles. The minimum atomic E-state index is -1.11. The molecule has 0 fully saturated rings. The molecule has 0 bridgehead atoms. The summed E-state index contributed by atoms with van der Waals surface area (Å²) in [6, 6.07) is 7.16. The summed E-state index contributed by atoms with van der Waals surface area (Å²) < 4.78 is 0. The molecule has 2 unspecified atom stereocenters. The van der Waals surface area contributed by atoms with E-state index in [2.05, 4.69) is 4.98 Å². The van der Waals surface area contributed by atoms with Crippen LogP contribution in [0.2, 0.25) is 0 Å². The van der Waals surface area contributed by atoms with Crippen LogP contribution >= 0.6 is 0 Å². The standard InChI is InChI=1S/C16H16N2O3/c17-7-6-14(20)16(21)9-4-5-12-11(8-9)10-2-1-3-13(19)15(10)18-12/h4-5,8,14,16,18,20-21H,1-3,6H2. The van der Waals surface area contributed by atoms with Gasteiger partial charge in [-0.15, -0.1) is 0 Å². The van der Waals surface area contributed by atoms with E-state index in [1.165, 1.54) is 0 Å². The molecule has 21 heavy (non-hydrogen) atoms. The molecule has 0 aliphatic heterocycles. The third kappa shape index (κ3) is 2.33. The van der Waals surface area contributed by atoms with Crippen molar-refractivity contribution < 1.29 is 15.0 Å². The monoisotopic (exact) mass is 284 g/mol. The fourth-order valence-electron chi connectivity index (χ4n) is 2.92. The summed E-state index contributed by atoms with van der Waals surface area (Å²) in [5, 5.41) is 29.3. The van der Waals surface area contributed by atoms with Gasteiger partial charge in [-0.05, 0) is 36.1 Å². The first-order chi connectivity index (χ1) is 10.1. The van der Waals surface area contributed by atoms with Gasteiger partial charge in [-0.25, -0.2) is 0 Å². The maximum absolute atomic E-state index is 11.9. The van der Waals surface area contributed by atoms with Crippen LogP contribution in [-0.2, 0) is 6.42 Å². The molecule has 2 aromatic rings. The van der Waals surface area contributed by atoms with Crippen molar-refractivity contribution in [3.8, 4) is 6.07 Å². The van der Waals surface area contributed by atoms with Gasteiger partial charge in [0.15, 0.2) is 5.78 Å². The van der Waals surface area contributed by atoms with E-state index < -0.39 is 12.2 Å². The molecule has 0 saturated heterocycles. The van der Waals surface area contributed by atoms with Gasteiger partial charge >= 0.3 is 0 Å². The molecule has 0 amide bonds. The molecule has 0 radical (unpaired) electrons. The lowest BCUT2D eigenvalue weighted by Crippen LogP contribution is -2.17. The van der Waals surface area contributed by atoms with E-state index in [0.717, 1.165) is 29.3 Å². The SMILES string of the molecule is N#CCC(O)C(O)c1ccc2[nH]c3c(c2c1)CCCC3=O. The highest BCUT2D eigenvalue weighted by molar-refractivity contribution is 6.03. The minimum absolute atomic E-state index is 0.122. The van der Waals surface area contributed by atoms with Gasteiger partial charge in [0.2, 0.25) is 0 Å². The lowest BCUT2D eigenvalue weighted by molar-refractivity contribution is 0.0217. The lowest BCUT2D eigenvalue weighted by atomic mass is 9.93. The number of carbonyl (C=O) groups excluding carboxylic acids is 1.